The van der Waals surface area contributed by atoms with Crippen LogP contribution in [-0.2, 0) is 16.9 Å². The maximum Gasteiger partial charge on any atom is 0.319 e. The Labute approximate surface area is 180 Å². The predicted molar refractivity (Wildman–Crippen MR) is 116 cm³/mol. The summed E-state index contributed by atoms with van der Waals surface area (Å²) in [7, 11) is 0. The van der Waals surface area contributed by atoms with Gasteiger partial charge in [-0.15, -0.1) is 0 Å². The number of hydrogen-bond acceptors (Lipinski definition) is 4. The maximum absolute atomic E-state index is 12.3. The fraction of sp³-hybridized carbons (Fsp3) is 0.545. The minimum atomic E-state index is -0.419. The Kier molecular flexibility index (Phi) is 5.11. The van der Waals surface area contributed by atoms with Gasteiger partial charge in [-0.1, -0.05) is 30.9 Å². The number of furan rings is 1. The smallest absolute Gasteiger partial charge is 0.319 e. The molecule has 2 fully saturated rings. The number of carbonyl (C=O) groups is 2. The number of nitrogens with one attached hydrogen (secondary N) is 3. The Balaban J connectivity index is 1.40. The molecule has 3 aliphatic rings. The fourth-order valence-corrected chi connectivity index (χ4v) is 5.45. The molecule has 3 amide bonds. The van der Waals surface area contributed by atoms with Crippen LogP contribution in [0.4, 0.5) is 10.5 Å². The zero-order valence-corrected chi connectivity index (χ0v) is 17.7. The molecule has 3 heterocycles. The summed E-state index contributed by atoms with van der Waals surface area (Å²) >= 11 is 6.57. The molecule has 7 nitrogen and oxygen atoms in total. The van der Waals surface area contributed by atoms with Crippen LogP contribution in [0.5, 0.6) is 0 Å². The number of anilines is 1. The van der Waals surface area contributed by atoms with Gasteiger partial charge in [-0.3, -0.25) is 4.79 Å². The van der Waals surface area contributed by atoms with Gasteiger partial charge in [-0.25, -0.2) is 4.79 Å². The minimum Gasteiger partial charge on any atom is -0.459 e. The van der Waals surface area contributed by atoms with Crippen molar-refractivity contribution in [2.24, 2.45) is 0 Å². The molecule has 1 aliphatic carbocycles. The van der Waals surface area contributed by atoms with Crippen LogP contribution >= 0.6 is 11.6 Å². The van der Waals surface area contributed by atoms with Crippen molar-refractivity contribution in [1.82, 2.24) is 15.5 Å². The molecule has 2 aliphatic heterocycles. The molecular formula is C22H27ClN4O3. The monoisotopic (exact) mass is 430 g/mol. The van der Waals surface area contributed by atoms with Crippen molar-refractivity contribution in [3.05, 3.63) is 28.5 Å². The number of halogens is 1. The summed E-state index contributed by atoms with van der Waals surface area (Å²) in [6.07, 6.45) is 6.72. The number of fused-ring (bicyclic) bond motifs is 4. The number of rotatable bonds is 5. The summed E-state index contributed by atoms with van der Waals surface area (Å²) in [5.41, 5.74) is 2.04. The van der Waals surface area contributed by atoms with E-state index in [-0.39, 0.29) is 11.9 Å². The van der Waals surface area contributed by atoms with Crippen LogP contribution in [0.2, 0.25) is 5.02 Å². The van der Waals surface area contributed by atoms with E-state index in [1.54, 1.807) is 0 Å². The van der Waals surface area contributed by atoms with Crippen molar-refractivity contribution >= 4 is 40.2 Å². The maximum atomic E-state index is 12.3. The van der Waals surface area contributed by atoms with Crippen molar-refractivity contribution < 1.29 is 14.0 Å². The van der Waals surface area contributed by atoms with Crippen molar-refractivity contribution in [2.75, 3.05) is 25.0 Å². The van der Waals surface area contributed by atoms with Crippen molar-refractivity contribution in [1.29, 1.82) is 0 Å². The molecular weight excluding hydrogens is 404 g/mol. The third kappa shape index (κ3) is 3.44. The van der Waals surface area contributed by atoms with Gasteiger partial charge in [0, 0.05) is 37.0 Å². The van der Waals surface area contributed by atoms with Gasteiger partial charge in [0.2, 0.25) is 5.91 Å². The lowest BCUT2D eigenvalue weighted by Gasteiger charge is -2.42. The molecule has 1 aromatic carbocycles. The topological polar surface area (TPSA) is 86.6 Å². The summed E-state index contributed by atoms with van der Waals surface area (Å²) in [6, 6.07) is 3.69. The van der Waals surface area contributed by atoms with Gasteiger partial charge < -0.3 is 25.3 Å². The molecule has 160 valence electrons. The molecule has 1 saturated heterocycles. The minimum absolute atomic E-state index is 0.199. The Morgan fingerprint density at radius 3 is 2.77 bits per heavy atom. The Bertz CT molecular complexity index is 996. The number of amides is 3. The molecule has 0 atom stereocenters. The van der Waals surface area contributed by atoms with Crippen molar-refractivity contribution in [3.8, 4) is 0 Å². The number of hydrogen-bond donors (Lipinski definition) is 3. The lowest BCUT2D eigenvalue weighted by atomic mass is 9.74. The molecule has 0 bridgehead atoms. The van der Waals surface area contributed by atoms with E-state index in [0.717, 1.165) is 74.0 Å². The molecule has 8 heteroatoms. The van der Waals surface area contributed by atoms with Gasteiger partial charge in [0.25, 0.3) is 0 Å². The molecule has 3 N–H and O–H groups in total. The molecule has 1 spiro atoms. The van der Waals surface area contributed by atoms with Gasteiger partial charge >= 0.3 is 6.03 Å². The van der Waals surface area contributed by atoms with E-state index >= 15 is 0 Å². The van der Waals surface area contributed by atoms with E-state index in [2.05, 4.69) is 16.0 Å². The third-order valence-corrected chi connectivity index (χ3v) is 6.91. The molecule has 30 heavy (non-hydrogen) atoms. The Hall–Kier alpha value is -2.25. The number of likely N-dealkylation sites (tertiary alicyclic amines) is 1. The quantitative estimate of drug-likeness (QED) is 0.623. The van der Waals surface area contributed by atoms with Crippen LogP contribution in [0.3, 0.4) is 0 Å². The summed E-state index contributed by atoms with van der Waals surface area (Å²) in [5, 5.41) is 11.0. The van der Waals surface area contributed by atoms with Crippen molar-refractivity contribution in [3.63, 3.8) is 0 Å². The Morgan fingerprint density at radius 2 is 2.00 bits per heavy atom. The highest BCUT2D eigenvalue weighted by atomic mass is 35.5. The normalized spacial score (nSPS) is 20.5. The molecule has 0 radical (unpaired) electrons. The lowest BCUT2D eigenvalue weighted by Crippen LogP contribution is -2.52. The van der Waals surface area contributed by atoms with E-state index in [1.807, 2.05) is 17.0 Å². The van der Waals surface area contributed by atoms with E-state index in [0.29, 0.717) is 23.7 Å². The molecule has 0 unspecified atom stereocenters. The van der Waals surface area contributed by atoms with E-state index in [4.69, 9.17) is 16.0 Å². The second kappa shape index (κ2) is 7.78. The lowest BCUT2D eigenvalue weighted by molar-refractivity contribution is -0.127. The number of nitrogens with zero attached hydrogens (tertiary/aromatic N) is 1. The zero-order valence-electron chi connectivity index (χ0n) is 17.0. The van der Waals surface area contributed by atoms with Gasteiger partial charge in [0.05, 0.1) is 22.8 Å². The highest BCUT2D eigenvalue weighted by Gasteiger charge is 2.43. The SMILES string of the molecule is O=C1Nc2c(Cl)cc3cc(CNCCN4CCCC4=O)oc3c2C2(CCCCC2)N1. The highest BCUT2D eigenvalue weighted by Crippen LogP contribution is 2.48. The fourth-order valence-electron chi connectivity index (χ4n) is 5.19. The van der Waals surface area contributed by atoms with E-state index in [9.17, 15) is 9.59 Å². The van der Waals surface area contributed by atoms with Crippen LogP contribution in [0.25, 0.3) is 11.0 Å². The van der Waals surface area contributed by atoms with E-state index < -0.39 is 5.54 Å². The van der Waals surface area contributed by atoms with Crippen LogP contribution in [0.1, 0.15) is 56.3 Å². The van der Waals surface area contributed by atoms with Crippen LogP contribution in [0.15, 0.2) is 16.5 Å². The number of carbonyl (C=O) groups excluding carboxylic acids is 2. The first-order chi connectivity index (χ1) is 14.6. The van der Waals surface area contributed by atoms with Crippen LogP contribution < -0.4 is 16.0 Å². The summed E-state index contributed by atoms with van der Waals surface area (Å²) in [5.74, 6) is 1.07. The predicted octanol–water partition coefficient (Wildman–Crippen LogP) is 4.09. The second-order valence-electron chi connectivity index (χ2n) is 8.62. The summed E-state index contributed by atoms with van der Waals surface area (Å²) in [4.78, 5) is 26.0. The summed E-state index contributed by atoms with van der Waals surface area (Å²) < 4.78 is 6.28. The molecule has 2 aromatic rings. The summed E-state index contributed by atoms with van der Waals surface area (Å²) in [6.45, 7) is 2.88. The largest absolute Gasteiger partial charge is 0.459 e. The van der Waals surface area contributed by atoms with Crippen LogP contribution in [0, 0.1) is 0 Å². The Morgan fingerprint density at radius 1 is 1.17 bits per heavy atom. The van der Waals surface area contributed by atoms with E-state index in [1.165, 1.54) is 6.42 Å². The molecule has 1 aromatic heterocycles. The van der Waals surface area contributed by atoms with Gasteiger partial charge in [0.15, 0.2) is 0 Å². The van der Waals surface area contributed by atoms with Crippen molar-refractivity contribution in [2.45, 2.75) is 57.0 Å². The average molecular weight is 431 g/mol. The standard InChI is InChI=1S/C22H27ClN4O3/c23-16-12-14-11-15(13-24-8-10-27-9-4-5-17(27)28)30-20(14)18-19(16)25-21(29)26-22(18)6-2-1-3-7-22/h11-12,24H,1-10,13H2,(H2,25,26,29). The highest BCUT2D eigenvalue weighted by molar-refractivity contribution is 6.35. The second-order valence-corrected chi connectivity index (χ2v) is 9.03. The van der Waals surface area contributed by atoms with Gasteiger partial charge in [0.1, 0.15) is 11.3 Å². The van der Waals surface area contributed by atoms with Crippen LogP contribution in [-0.4, -0.2) is 36.5 Å². The first-order valence-corrected chi connectivity index (χ1v) is 11.3. The first kappa shape index (κ1) is 19.7. The first-order valence-electron chi connectivity index (χ1n) is 10.9. The van der Waals surface area contributed by atoms with Gasteiger partial charge in [-0.05, 0) is 31.4 Å². The third-order valence-electron chi connectivity index (χ3n) is 6.62. The molecule has 1 saturated carbocycles. The van der Waals surface area contributed by atoms with Gasteiger partial charge in [-0.2, -0.15) is 0 Å². The average Bonchev–Trinajstić information content (AvgIpc) is 3.31. The number of benzene rings is 1. The molecule has 5 rings (SSSR count). The number of urea groups is 1. The zero-order chi connectivity index (χ0) is 20.7.